The molecule has 0 aliphatic heterocycles. The lowest BCUT2D eigenvalue weighted by atomic mass is 10.1. The first-order valence-electron chi connectivity index (χ1n) is 6.97. The van der Waals surface area contributed by atoms with Crippen LogP contribution in [0.2, 0.25) is 0 Å². The second-order valence-electron chi connectivity index (χ2n) is 4.76. The van der Waals surface area contributed by atoms with Crippen LogP contribution in [-0.2, 0) is 4.79 Å². The fraction of sp³-hybridized carbons (Fsp3) is 0.533. The predicted molar refractivity (Wildman–Crippen MR) is 75.6 cm³/mol. The van der Waals surface area contributed by atoms with Crippen molar-refractivity contribution in [2.45, 2.75) is 45.1 Å². The molecule has 1 atom stereocenters. The van der Waals surface area contributed by atoms with Crippen LogP contribution < -0.4 is 5.73 Å². The summed E-state index contributed by atoms with van der Waals surface area (Å²) in [5.41, 5.74) is 6.56. The van der Waals surface area contributed by atoms with Gasteiger partial charge in [-0.15, -0.1) is 0 Å². The van der Waals surface area contributed by atoms with Crippen molar-refractivity contribution in [1.29, 1.82) is 0 Å². The van der Waals surface area contributed by atoms with Gasteiger partial charge >= 0.3 is 0 Å². The SMILES string of the molecule is CCCCCCCN(O)C(=O)[C@H](N)c1ccccc1. The number of carbonyl (C=O) groups excluding carboxylic acids is 1. The van der Waals surface area contributed by atoms with Gasteiger partial charge in [-0.1, -0.05) is 62.9 Å². The number of nitrogens with two attached hydrogens (primary N) is 1. The topological polar surface area (TPSA) is 66.6 Å². The van der Waals surface area contributed by atoms with Crippen LogP contribution in [0.3, 0.4) is 0 Å². The first-order chi connectivity index (χ1) is 9.16. The lowest BCUT2D eigenvalue weighted by Crippen LogP contribution is -2.36. The normalized spacial score (nSPS) is 12.2. The van der Waals surface area contributed by atoms with E-state index in [0.717, 1.165) is 29.9 Å². The van der Waals surface area contributed by atoms with Crippen LogP contribution in [0.1, 0.15) is 50.6 Å². The van der Waals surface area contributed by atoms with E-state index in [1.807, 2.05) is 18.2 Å². The van der Waals surface area contributed by atoms with Crippen molar-refractivity contribution in [1.82, 2.24) is 5.06 Å². The van der Waals surface area contributed by atoms with Crippen molar-refractivity contribution < 1.29 is 10.0 Å². The second kappa shape index (κ2) is 8.67. The Hall–Kier alpha value is -1.39. The molecule has 0 unspecified atom stereocenters. The number of unbranched alkanes of at least 4 members (excludes halogenated alkanes) is 4. The van der Waals surface area contributed by atoms with Gasteiger partial charge in [0.1, 0.15) is 6.04 Å². The summed E-state index contributed by atoms with van der Waals surface area (Å²) in [6.45, 7) is 2.50. The molecule has 4 heteroatoms. The van der Waals surface area contributed by atoms with E-state index in [-0.39, 0.29) is 0 Å². The molecule has 1 rings (SSSR count). The summed E-state index contributed by atoms with van der Waals surface area (Å²) < 4.78 is 0. The van der Waals surface area contributed by atoms with Crippen LogP contribution in [-0.4, -0.2) is 22.7 Å². The Morgan fingerprint density at radius 3 is 2.47 bits per heavy atom. The van der Waals surface area contributed by atoms with Crippen molar-refractivity contribution in [2.75, 3.05) is 6.54 Å². The van der Waals surface area contributed by atoms with Crippen LogP contribution in [0.5, 0.6) is 0 Å². The van der Waals surface area contributed by atoms with Gasteiger partial charge < -0.3 is 5.73 Å². The number of amides is 1. The van der Waals surface area contributed by atoms with E-state index >= 15 is 0 Å². The van der Waals surface area contributed by atoms with Gasteiger partial charge in [-0.25, -0.2) is 5.06 Å². The monoisotopic (exact) mass is 264 g/mol. The Morgan fingerprint density at radius 2 is 1.84 bits per heavy atom. The van der Waals surface area contributed by atoms with Gasteiger partial charge in [-0.3, -0.25) is 10.0 Å². The molecule has 0 aliphatic rings. The molecule has 1 aromatic rings. The molecule has 0 aliphatic carbocycles. The summed E-state index contributed by atoms with van der Waals surface area (Å²) in [4.78, 5) is 11.9. The molecule has 0 radical (unpaired) electrons. The van der Waals surface area contributed by atoms with E-state index in [2.05, 4.69) is 6.92 Å². The maximum atomic E-state index is 11.9. The lowest BCUT2D eigenvalue weighted by Gasteiger charge is -2.19. The smallest absolute Gasteiger partial charge is 0.267 e. The standard InChI is InChI=1S/C15H24N2O2/c1-2-3-4-5-9-12-17(19)15(18)14(16)13-10-7-6-8-11-13/h6-8,10-11,14,19H,2-5,9,12,16H2,1H3/t14-/m1/s1. The Morgan fingerprint density at radius 1 is 1.21 bits per heavy atom. The summed E-state index contributed by atoms with van der Waals surface area (Å²) in [7, 11) is 0. The Labute approximate surface area is 115 Å². The summed E-state index contributed by atoms with van der Waals surface area (Å²) in [6.07, 6.45) is 5.36. The highest BCUT2D eigenvalue weighted by molar-refractivity contribution is 5.81. The average Bonchev–Trinajstić information content (AvgIpc) is 2.46. The van der Waals surface area contributed by atoms with Crippen molar-refractivity contribution >= 4 is 5.91 Å². The van der Waals surface area contributed by atoms with Crippen molar-refractivity contribution in [2.24, 2.45) is 5.73 Å². The van der Waals surface area contributed by atoms with E-state index in [1.54, 1.807) is 12.1 Å². The molecule has 0 heterocycles. The fourth-order valence-electron chi connectivity index (χ4n) is 1.94. The summed E-state index contributed by atoms with van der Waals surface area (Å²) in [5.74, 6) is -0.443. The lowest BCUT2D eigenvalue weighted by molar-refractivity contribution is -0.167. The van der Waals surface area contributed by atoms with Crippen LogP contribution in [0.15, 0.2) is 30.3 Å². The third-order valence-electron chi connectivity index (χ3n) is 3.15. The first kappa shape index (κ1) is 15.7. The van der Waals surface area contributed by atoms with E-state index in [0.29, 0.717) is 6.54 Å². The quantitative estimate of drug-likeness (QED) is 0.431. The van der Waals surface area contributed by atoms with Gasteiger partial charge in [0.2, 0.25) is 0 Å². The first-order valence-corrected chi connectivity index (χ1v) is 6.97. The van der Waals surface area contributed by atoms with Gasteiger partial charge in [0.05, 0.1) is 0 Å². The van der Waals surface area contributed by atoms with Gasteiger partial charge in [-0.05, 0) is 12.0 Å². The molecular weight excluding hydrogens is 240 g/mol. The molecule has 0 bridgehead atoms. The van der Waals surface area contributed by atoms with Gasteiger partial charge in [0.15, 0.2) is 0 Å². The number of carbonyl (C=O) groups is 1. The molecule has 106 valence electrons. The number of hydrogen-bond acceptors (Lipinski definition) is 3. The van der Waals surface area contributed by atoms with Gasteiger partial charge in [-0.2, -0.15) is 0 Å². The third-order valence-corrected chi connectivity index (χ3v) is 3.15. The summed E-state index contributed by atoms with van der Waals surface area (Å²) in [5, 5.41) is 10.5. The van der Waals surface area contributed by atoms with E-state index in [1.165, 1.54) is 12.8 Å². The maximum Gasteiger partial charge on any atom is 0.267 e. The van der Waals surface area contributed by atoms with Gasteiger partial charge in [0.25, 0.3) is 5.91 Å². The highest BCUT2D eigenvalue weighted by atomic mass is 16.5. The Kier molecular flexibility index (Phi) is 7.15. The molecule has 0 saturated carbocycles. The van der Waals surface area contributed by atoms with E-state index in [9.17, 15) is 10.0 Å². The molecule has 0 fully saturated rings. The minimum Gasteiger partial charge on any atom is -0.316 e. The molecule has 4 nitrogen and oxygen atoms in total. The minimum atomic E-state index is -0.790. The zero-order valence-electron chi connectivity index (χ0n) is 11.6. The number of benzene rings is 1. The summed E-state index contributed by atoms with van der Waals surface area (Å²) >= 11 is 0. The average molecular weight is 264 g/mol. The van der Waals surface area contributed by atoms with Crippen LogP contribution in [0.25, 0.3) is 0 Å². The predicted octanol–water partition coefficient (Wildman–Crippen LogP) is 2.87. The largest absolute Gasteiger partial charge is 0.316 e. The molecule has 1 amide bonds. The van der Waals surface area contributed by atoms with Gasteiger partial charge in [0, 0.05) is 6.54 Å². The number of rotatable bonds is 8. The zero-order chi connectivity index (χ0) is 14.1. The Bertz CT molecular complexity index is 368. The van der Waals surface area contributed by atoms with Crippen molar-refractivity contribution in [3.63, 3.8) is 0 Å². The minimum absolute atomic E-state index is 0.350. The molecular formula is C15H24N2O2. The van der Waals surface area contributed by atoms with Crippen LogP contribution in [0, 0.1) is 0 Å². The third kappa shape index (κ3) is 5.41. The second-order valence-corrected chi connectivity index (χ2v) is 4.76. The maximum absolute atomic E-state index is 11.9. The molecule has 0 saturated heterocycles. The van der Waals surface area contributed by atoms with E-state index in [4.69, 9.17) is 5.73 Å². The Balaban J connectivity index is 2.35. The van der Waals surface area contributed by atoms with Crippen LogP contribution >= 0.6 is 0 Å². The van der Waals surface area contributed by atoms with Crippen molar-refractivity contribution in [3.05, 3.63) is 35.9 Å². The van der Waals surface area contributed by atoms with Crippen molar-refractivity contribution in [3.8, 4) is 0 Å². The highest BCUT2D eigenvalue weighted by Crippen LogP contribution is 2.12. The number of nitrogens with zero attached hydrogens (tertiary/aromatic N) is 1. The molecule has 19 heavy (non-hydrogen) atoms. The molecule has 3 N–H and O–H groups in total. The zero-order valence-corrected chi connectivity index (χ0v) is 11.6. The fourth-order valence-corrected chi connectivity index (χ4v) is 1.94. The number of hydroxylamine groups is 2. The molecule has 0 spiro atoms. The van der Waals surface area contributed by atoms with Crippen LogP contribution in [0.4, 0.5) is 0 Å². The molecule has 0 aromatic heterocycles. The molecule has 1 aromatic carbocycles. The van der Waals surface area contributed by atoms with E-state index < -0.39 is 11.9 Å². The highest BCUT2D eigenvalue weighted by Gasteiger charge is 2.20. The number of hydrogen-bond donors (Lipinski definition) is 2. The summed E-state index contributed by atoms with van der Waals surface area (Å²) in [6, 6.07) is 8.31.